The minimum Gasteiger partial charge on any atom is -0.374 e. The van der Waals surface area contributed by atoms with Gasteiger partial charge in [-0.15, -0.1) is 0 Å². The van der Waals surface area contributed by atoms with E-state index in [1.165, 1.54) is 5.56 Å². The first-order chi connectivity index (χ1) is 12.2. The number of carbonyl (C=O) groups is 1. The van der Waals surface area contributed by atoms with Crippen LogP contribution in [0.4, 0.5) is 0 Å². The fourth-order valence-corrected chi connectivity index (χ4v) is 2.94. The molecular weight excluding hydrogens is 308 g/mol. The molecule has 0 N–H and O–H groups in total. The molecule has 1 amide bonds. The number of rotatable bonds is 4. The summed E-state index contributed by atoms with van der Waals surface area (Å²) in [7, 11) is 0. The third-order valence-corrected chi connectivity index (χ3v) is 4.40. The van der Waals surface area contributed by atoms with E-state index in [2.05, 4.69) is 29.3 Å². The number of piperazine rings is 1. The molecule has 1 aliphatic heterocycles. The van der Waals surface area contributed by atoms with Gasteiger partial charge in [0.15, 0.2) is 0 Å². The van der Waals surface area contributed by atoms with Crippen LogP contribution in [-0.2, 0) is 4.79 Å². The maximum Gasteiger partial charge on any atom is 0.249 e. The molecule has 0 aliphatic carbocycles. The summed E-state index contributed by atoms with van der Waals surface area (Å²) in [5.41, 5.74) is 3.06. The monoisotopic (exact) mass is 332 g/mol. The van der Waals surface area contributed by atoms with Crippen LogP contribution in [0.5, 0.6) is 0 Å². The van der Waals surface area contributed by atoms with E-state index in [-0.39, 0.29) is 5.91 Å². The molecule has 1 fully saturated rings. The lowest BCUT2D eigenvalue weighted by Crippen LogP contribution is -2.47. The van der Waals surface area contributed by atoms with Crippen molar-refractivity contribution in [2.45, 2.75) is 6.92 Å². The van der Waals surface area contributed by atoms with E-state index in [0.29, 0.717) is 0 Å². The van der Waals surface area contributed by atoms with Crippen molar-refractivity contribution in [3.63, 3.8) is 0 Å². The molecule has 0 bridgehead atoms. The molecule has 0 saturated carbocycles. The van der Waals surface area contributed by atoms with Gasteiger partial charge in [-0.1, -0.05) is 60.7 Å². The van der Waals surface area contributed by atoms with Crippen molar-refractivity contribution in [3.05, 3.63) is 83.6 Å². The van der Waals surface area contributed by atoms with Crippen molar-refractivity contribution in [2.75, 3.05) is 26.2 Å². The van der Waals surface area contributed by atoms with Gasteiger partial charge in [0, 0.05) is 31.8 Å². The summed E-state index contributed by atoms with van der Waals surface area (Å²) in [6.45, 7) is 5.16. The quantitative estimate of drug-likeness (QED) is 0.793. The highest BCUT2D eigenvalue weighted by Crippen LogP contribution is 2.12. The summed E-state index contributed by atoms with van der Waals surface area (Å²) in [6.07, 6.45) is 6.21. The Morgan fingerprint density at radius 3 is 2.00 bits per heavy atom. The molecule has 3 heteroatoms. The molecule has 1 aliphatic rings. The SMILES string of the molecule is CC(=Cc1ccccc1)C(=O)N1CCN(C=Cc2ccccc2)CC1. The fraction of sp³-hybridized carbons (Fsp3) is 0.227. The largest absolute Gasteiger partial charge is 0.374 e. The molecule has 0 aromatic heterocycles. The highest BCUT2D eigenvalue weighted by atomic mass is 16.2. The van der Waals surface area contributed by atoms with Gasteiger partial charge in [0.25, 0.3) is 0 Å². The smallest absolute Gasteiger partial charge is 0.249 e. The van der Waals surface area contributed by atoms with E-state index < -0.39 is 0 Å². The summed E-state index contributed by atoms with van der Waals surface area (Å²) in [5, 5.41) is 0. The summed E-state index contributed by atoms with van der Waals surface area (Å²) in [6, 6.07) is 20.3. The van der Waals surface area contributed by atoms with Gasteiger partial charge in [-0.25, -0.2) is 0 Å². The Morgan fingerprint density at radius 1 is 0.840 bits per heavy atom. The van der Waals surface area contributed by atoms with Crippen molar-refractivity contribution >= 4 is 18.1 Å². The second-order valence-corrected chi connectivity index (χ2v) is 6.29. The van der Waals surface area contributed by atoms with E-state index in [1.54, 1.807) is 0 Å². The highest BCUT2D eigenvalue weighted by molar-refractivity contribution is 5.97. The maximum absolute atomic E-state index is 12.6. The van der Waals surface area contributed by atoms with Gasteiger partial charge in [0.05, 0.1) is 0 Å². The summed E-state index contributed by atoms with van der Waals surface area (Å²) < 4.78 is 0. The zero-order valence-corrected chi connectivity index (χ0v) is 14.6. The van der Waals surface area contributed by atoms with Crippen LogP contribution < -0.4 is 0 Å². The van der Waals surface area contributed by atoms with Gasteiger partial charge in [0.1, 0.15) is 0 Å². The van der Waals surface area contributed by atoms with Crippen molar-refractivity contribution in [1.29, 1.82) is 0 Å². The zero-order valence-electron chi connectivity index (χ0n) is 14.6. The van der Waals surface area contributed by atoms with E-state index in [9.17, 15) is 4.79 Å². The molecule has 0 spiro atoms. The predicted octanol–water partition coefficient (Wildman–Crippen LogP) is 3.91. The van der Waals surface area contributed by atoms with Crippen LogP contribution >= 0.6 is 0 Å². The Labute approximate surface area is 149 Å². The molecule has 25 heavy (non-hydrogen) atoms. The normalized spacial score (nSPS) is 15.6. The topological polar surface area (TPSA) is 23.6 Å². The van der Waals surface area contributed by atoms with Crippen LogP contribution in [0.15, 0.2) is 72.4 Å². The van der Waals surface area contributed by atoms with Gasteiger partial charge in [-0.2, -0.15) is 0 Å². The Morgan fingerprint density at radius 2 is 1.40 bits per heavy atom. The van der Waals surface area contributed by atoms with Gasteiger partial charge >= 0.3 is 0 Å². The maximum atomic E-state index is 12.6. The summed E-state index contributed by atoms with van der Waals surface area (Å²) in [5.74, 6) is 0.135. The molecule has 2 aromatic rings. The van der Waals surface area contributed by atoms with Crippen LogP contribution in [0.3, 0.4) is 0 Å². The van der Waals surface area contributed by atoms with E-state index in [4.69, 9.17) is 0 Å². The minimum atomic E-state index is 0.135. The van der Waals surface area contributed by atoms with E-state index in [1.807, 2.05) is 66.4 Å². The van der Waals surface area contributed by atoms with Gasteiger partial charge < -0.3 is 9.80 Å². The third kappa shape index (κ3) is 4.83. The van der Waals surface area contributed by atoms with Crippen LogP contribution in [-0.4, -0.2) is 41.9 Å². The molecule has 3 nitrogen and oxygen atoms in total. The molecule has 1 saturated heterocycles. The second kappa shape index (κ2) is 8.34. The van der Waals surface area contributed by atoms with Gasteiger partial charge in [-0.3, -0.25) is 4.79 Å². The van der Waals surface area contributed by atoms with Crippen molar-refractivity contribution in [3.8, 4) is 0 Å². The van der Waals surface area contributed by atoms with E-state index in [0.717, 1.165) is 37.3 Å². The lowest BCUT2D eigenvalue weighted by Gasteiger charge is -2.34. The molecule has 0 unspecified atom stereocenters. The molecule has 3 rings (SSSR count). The Balaban J connectivity index is 1.54. The van der Waals surface area contributed by atoms with Crippen molar-refractivity contribution in [2.24, 2.45) is 0 Å². The van der Waals surface area contributed by atoms with Crippen LogP contribution in [0.1, 0.15) is 18.1 Å². The Hall–Kier alpha value is -2.81. The number of hydrogen-bond acceptors (Lipinski definition) is 2. The zero-order chi connectivity index (χ0) is 17.5. The number of hydrogen-bond donors (Lipinski definition) is 0. The van der Waals surface area contributed by atoms with Crippen LogP contribution in [0.2, 0.25) is 0 Å². The van der Waals surface area contributed by atoms with Crippen LogP contribution in [0.25, 0.3) is 12.2 Å². The number of amides is 1. The molecule has 1 heterocycles. The summed E-state index contributed by atoms with van der Waals surface area (Å²) >= 11 is 0. The van der Waals surface area contributed by atoms with Crippen molar-refractivity contribution < 1.29 is 4.79 Å². The molecule has 128 valence electrons. The average Bonchev–Trinajstić information content (AvgIpc) is 2.68. The lowest BCUT2D eigenvalue weighted by atomic mass is 10.1. The molecule has 2 aromatic carbocycles. The number of benzene rings is 2. The predicted molar refractivity (Wildman–Crippen MR) is 104 cm³/mol. The van der Waals surface area contributed by atoms with Gasteiger partial charge in [0.2, 0.25) is 5.91 Å². The molecule has 0 atom stereocenters. The van der Waals surface area contributed by atoms with Crippen molar-refractivity contribution in [1.82, 2.24) is 9.80 Å². The average molecular weight is 332 g/mol. The minimum absolute atomic E-state index is 0.135. The number of nitrogens with zero attached hydrogens (tertiary/aromatic N) is 2. The van der Waals surface area contributed by atoms with E-state index >= 15 is 0 Å². The third-order valence-electron chi connectivity index (χ3n) is 4.40. The first-order valence-electron chi connectivity index (χ1n) is 8.72. The lowest BCUT2D eigenvalue weighted by molar-refractivity contribution is -0.128. The highest BCUT2D eigenvalue weighted by Gasteiger charge is 2.20. The van der Waals surface area contributed by atoms with Gasteiger partial charge in [-0.05, 0) is 36.4 Å². The molecule has 0 radical (unpaired) electrons. The first kappa shape index (κ1) is 17.0. The Bertz CT molecular complexity index is 742. The number of carbonyl (C=O) groups excluding carboxylic acids is 1. The first-order valence-corrected chi connectivity index (χ1v) is 8.72. The molecular formula is C22H24N2O. The van der Waals surface area contributed by atoms with Crippen LogP contribution in [0, 0.1) is 0 Å². The second-order valence-electron chi connectivity index (χ2n) is 6.29. The fourth-order valence-electron chi connectivity index (χ4n) is 2.94. The summed E-state index contributed by atoms with van der Waals surface area (Å²) in [4.78, 5) is 16.8. The Kier molecular flexibility index (Phi) is 5.68. The standard InChI is InChI=1S/C22H24N2O/c1-19(18-21-10-6-3-7-11-21)22(25)24-16-14-23(15-17-24)13-12-20-8-4-2-5-9-20/h2-13,18H,14-17H2,1H3.